The molecule has 0 spiro atoms. The lowest BCUT2D eigenvalue weighted by Crippen LogP contribution is -2.10. The third-order valence-corrected chi connectivity index (χ3v) is 3.41. The molecule has 3 rings (SSSR count). The van der Waals surface area contributed by atoms with Crippen LogP contribution in [-0.4, -0.2) is 10.9 Å². The zero-order chi connectivity index (χ0) is 15.4. The largest absolute Gasteiger partial charge is 0.440 e. The number of nitrogens with one attached hydrogen (secondary N) is 1. The van der Waals surface area contributed by atoms with Gasteiger partial charge in [-0.15, -0.1) is 0 Å². The summed E-state index contributed by atoms with van der Waals surface area (Å²) in [5, 5.41) is 2.88. The maximum absolute atomic E-state index is 11.6. The third-order valence-electron chi connectivity index (χ3n) is 3.41. The second-order valence-electron chi connectivity index (χ2n) is 5.25. The van der Waals surface area contributed by atoms with Crippen LogP contribution in [0.15, 0.2) is 52.9 Å². The van der Waals surface area contributed by atoms with Gasteiger partial charge < -0.3 is 9.73 Å². The summed E-state index contributed by atoms with van der Waals surface area (Å²) in [5.74, 6) is 0.748. The van der Waals surface area contributed by atoms with E-state index in [1.54, 1.807) is 0 Å². The Labute approximate surface area is 129 Å². The molecular weight excluding hydrogens is 276 g/mol. The number of benzene rings is 2. The van der Waals surface area contributed by atoms with E-state index < -0.39 is 0 Å². The van der Waals surface area contributed by atoms with Crippen LogP contribution in [-0.2, 0) is 11.2 Å². The SMILES string of the molecule is CCCC(=O)Nc1ccc(Cc2nc3ccccc3o2)cc1. The molecule has 0 saturated heterocycles. The van der Waals surface area contributed by atoms with Crippen LogP contribution in [0.1, 0.15) is 31.2 Å². The monoisotopic (exact) mass is 294 g/mol. The molecule has 4 heteroatoms. The van der Waals surface area contributed by atoms with Crippen LogP contribution < -0.4 is 5.32 Å². The number of oxazole rings is 1. The first kappa shape index (κ1) is 14.3. The molecule has 0 atom stereocenters. The van der Waals surface area contributed by atoms with Crippen molar-refractivity contribution in [3.05, 3.63) is 60.0 Å². The van der Waals surface area contributed by atoms with Gasteiger partial charge in [-0.25, -0.2) is 4.98 Å². The number of fused-ring (bicyclic) bond motifs is 1. The summed E-state index contributed by atoms with van der Waals surface area (Å²) in [6.07, 6.45) is 2.03. The highest BCUT2D eigenvalue weighted by Crippen LogP contribution is 2.18. The number of carbonyl (C=O) groups excluding carboxylic acids is 1. The van der Waals surface area contributed by atoms with Crippen molar-refractivity contribution in [2.45, 2.75) is 26.2 Å². The summed E-state index contributed by atoms with van der Waals surface area (Å²) in [5.41, 5.74) is 3.60. The molecule has 0 aliphatic carbocycles. The van der Waals surface area contributed by atoms with Gasteiger partial charge in [0.1, 0.15) is 5.52 Å². The van der Waals surface area contributed by atoms with Gasteiger partial charge in [-0.3, -0.25) is 4.79 Å². The Morgan fingerprint density at radius 2 is 1.91 bits per heavy atom. The zero-order valence-electron chi connectivity index (χ0n) is 12.5. The molecule has 1 aromatic heterocycles. The van der Waals surface area contributed by atoms with Gasteiger partial charge in [0.15, 0.2) is 11.5 Å². The Bertz CT molecular complexity index is 742. The van der Waals surface area contributed by atoms with Crippen LogP contribution in [0.4, 0.5) is 5.69 Å². The topological polar surface area (TPSA) is 55.1 Å². The molecule has 1 heterocycles. The van der Waals surface area contributed by atoms with Gasteiger partial charge in [0.25, 0.3) is 0 Å². The fourth-order valence-corrected chi connectivity index (χ4v) is 2.33. The maximum Gasteiger partial charge on any atom is 0.224 e. The van der Waals surface area contributed by atoms with E-state index in [4.69, 9.17) is 4.42 Å². The van der Waals surface area contributed by atoms with Crippen molar-refractivity contribution in [2.24, 2.45) is 0 Å². The van der Waals surface area contributed by atoms with Crippen molar-refractivity contribution in [3.63, 3.8) is 0 Å². The molecule has 4 nitrogen and oxygen atoms in total. The van der Waals surface area contributed by atoms with Gasteiger partial charge in [-0.05, 0) is 36.2 Å². The van der Waals surface area contributed by atoms with Gasteiger partial charge in [0.2, 0.25) is 5.91 Å². The smallest absolute Gasteiger partial charge is 0.224 e. The van der Waals surface area contributed by atoms with E-state index in [2.05, 4.69) is 10.3 Å². The molecule has 0 saturated carbocycles. The number of para-hydroxylation sites is 2. The van der Waals surface area contributed by atoms with E-state index in [0.717, 1.165) is 28.8 Å². The van der Waals surface area contributed by atoms with E-state index >= 15 is 0 Å². The number of amides is 1. The van der Waals surface area contributed by atoms with Crippen LogP contribution in [0.25, 0.3) is 11.1 Å². The van der Waals surface area contributed by atoms with Crippen molar-refractivity contribution in [1.82, 2.24) is 4.98 Å². The normalized spacial score (nSPS) is 10.8. The van der Waals surface area contributed by atoms with Crippen molar-refractivity contribution in [1.29, 1.82) is 0 Å². The Kier molecular flexibility index (Phi) is 4.19. The summed E-state index contributed by atoms with van der Waals surface area (Å²) in [6.45, 7) is 1.99. The van der Waals surface area contributed by atoms with Crippen LogP contribution in [0.3, 0.4) is 0 Å². The predicted molar refractivity (Wildman–Crippen MR) is 86.8 cm³/mol. The Balaban J connectivity index is 1.69. The maximum atomic E-state index is 11.6. The van der Waals surface area contributed by atoms with Gasteiger partial charge in [0.05, 0.1) is 0 Å². The minimum absolute atomic E-state index is 0.0502. The summed E-state index contributed by atoms with van der Waals surface area (Å²) < 4.78 is 5.72. The van der Waals surface area contributed by atoms with Gasteiger partial charge in [-0.1, -0.05) is 31.2 Å². The molecule has 1 amide bonds. The summed E-state index contributed by atoms with van der Waals surface area (Å²) in [6, 6.07) is 15.5. The average molecular weight is 294 g/mol. The lowest BCUT2D eigenvalue weighted by atomic mass is 10.1. The summed E-state index contributed by atoms with van der Waals surface area (Å²) in [7, 11) is 0. The molecule has 3 aromatic rings. The highest BCUT2D eigenvalue weighted by atomic mass is 16.3. The van der Waals surface area contributed by atoms with Crippen molar-refractivity contribution in [2.75, 3.05) is 5.32 Å². The minimum atomic E-state index is 0.0502. The number of aromatic nitrogens is 1. The number of carbonyl (C=O) groups is 1. The molecule has 0 fully saturated rings. The number of anilines is 1. The Morgan fingerprint density at radius 1 is 1.14 bits per heavy atom. The van der Waals surface area contributed by atoms with Crippen LogP contribution in [0.5, 0.6) is 0 Å². The van der Waals surface area contributed by atoms with E-state index in [0.29, 0.717) is 18.7 Å². The summed E-state index contributed by atoms with van der Waals surface area (Å²) in [4.78, 5) is 16.0. The van der Waals surface area contributed by atoms with Crippen molar-refractivity contribution < 1.29 is 9.21 Å². The fraction of sp³-hybridized carbons (Fsp3) is 0.222. The third kappa shape index (κ3) is 3.34. The molecule has 0 unspecified atom stereocenters. The Morgan fingerprint density at radius 3 is 2.64 bits per heavy atom. The molecule has 0 bridgehead atoms. The molecule has 22 heavy (non-hydrogen) atoms. The lowest BCUT2D eigenvalue weighted by molar-refractivity contribution is -0.116. The molecule has 0 aliphatic heterocycles. The fourth-order valence-electron chi connectivity index (χ4n) is 2.33. The zero-order valence-corrected chi connectivity index (χ0v) is 12.5. The molecule has 0 aliphatic rings. The van der Waals surface area contributed by atoms with E-state index in [-0.39, 0.29) is 5.91 Å². The van der Waals surface area contributed by atoms with Gasteiger partial charge in [0, 0.05) is 18.5 Å². The molecular formula is C18H18N2O2. The van der Waals surface area contributed by atoms with E-state index in [9.17, 15) is 4.79 Å². The van der Waals surface area contributed by atoms with Crippen molar-refractivity contribution in [3.8, 4) is 0 Å². The quantitative estimate of drug-likeness (QED) is 0.768. The predicted octanol–water partition coefficient (Wildman–Crippen LogP) is 4.16. The molecule has 2 aromatic carbocycles. The average Bonchev–Trinajstić information content (AvgIpc) is 2.91. The molecule has 112 valence electrons. The van der Waals surface area contributed by atoms with Crippen LogP contribution in [0, 0.1) is 0 Å². The molecule has 1 N–H and O–H groups in total. The molecule has 0 radical (unpaired) electrons. The van der Waals surface area contributed by atoms with Gasteiger partial charge >= 0.3 is 0 Å². The minimum Gasteiger partial charge on any atom is -0.440 e. The number of hydrogen-bond donors (Lipinski definition) is 1. The first-order valence-electron chi connectivity index (χ1n) is 7.48. The number of hydrogen-bond acceptors (Lipinski definition) is 3. The van der Waals surface area contributed by atoms with Crippen molar-refractivity contribution >= 4 is 22.7 Å². The second kappa shape index (κ2) is 6.43. The first-order valence-corrected chi connectivity index (χ1v) is 7.48. The lowest BCUT2D eigenvalue weighted by Gasteiger charge is -2.05. The Hall–Kier alpha value is -2.62. The highest BCUT2D eigenvalue weighted by molar-refractivity contribution is 5.90. The highest BCUT2D eigenvalue weighted by Gasteiger charge is 2.06. The second-order valence-corrected chi connectivity index (χ2v) is 5.25. The van der Waals surface area contributed by atoms with Gasteiger partial charge in [-0.2, -0.15) is 0 Å². The van der Waals surface area contributed by atoms with E-state index in [1.807, 2.05) is 55.5 Å². The first-order chi connectivity index (χ1) is 10.7. The standard InChI is InChI=1S/C18H18N2O2/c1-2-5-17(21)19-14-10-8-13(9-11-14)12-18-20-15-6-3-4-7-16(15)22-18/h3-4,6-11H,2,5,12H2,1H3,(H,19,21). The van der Waals surface area contributed by atoms with Crippen LogP contribution >= 0.6 is 0 Å². The van der Waals surface area contributed by atoms with Crippen LogP contribution in [0.2, 0.25) is 0 Å². The number of rotatable bonds is 5. The summed E-state index contributed by atoms with van der Waals surface area (Å²) >= 11 is 0. The van der Waals surface area contributed by atoms with E-state index in [1.165, 1.54) is 0 Å². The number of nitrogens with zero attached hydrogens (tertiary/aromatic N) is 1.